The lowest BCUT2D eigenvalue weighted by atomic mass is 9.77. The van der Waals surface area contributed by atoms with E-state index in [9.17, 15) is 9.59 Å². The molecule has 0 bridgehead atoms. The summed E-state index contributed by atoms with van der Waals surface area (Å²) in [6.45, 7) is 20.8. The van der Waals surface area contributed by atoms with Crippen LogP contribution < -0.4 is 5.46 Å². The first-order chi connectivity index (χ1) is 20.9. The molecule has 2 aliphatic carbocycles. The van der Waals surface area contributed by atoms with Gasteiger partial charge in [-0.1, -0.05) is 26.8 Å². The summed E-state index contributed by atoms with van der Waals surface area (Å²) in [6.07, 6.45) is 6.48. The maximum absolute atomic E-state index is 13.9. The van der Waals surface area contributed by atoms with Crippen molar-refractivity contribution < 1.29 is 23.3 Å². The van der Waals surface area contributed by atoms with E-state index < -0.39 is 26.6 Å². The van der Waals surface area contributed by atoms with Crippen molar-refractivity contribution >= 4 is 43.7 Å². The summed E-state index contributed by atoms with van der Waals surface area (Å²) in [6, 6.07) is 4.55. The number of hydrogen-bond donors (Lipinski definition) is 0. The van der Waals surface area contributed by atoms with E-state index in [1.54, 1.807) is 4.90 Å². The van der Waals surface area contributed by atoms with E-state index in [1.165, 1.54) is 5.56 Å². The van der Waals surface area contributed by atoms with Gasteiger partial charge in [0.05, 0.1) is 22.2 Å². The molecule has 2 saturated carbocycles. The van der Waals surface area contributed by atoms with Gasteiger partial charge in [-0.15, -0.1) is 0 Å². The number of benzene rings is 1. The Hall–Kier alpha value is -2.21. The van der Waals surface area contributed by atoms with Gasteiger partial charge in [-0.05, 0) is 102 Å². The van der Waals surface area contributed by atoms with Crippen LogP contribution in [0.2, 0.25) is 18.1 Å². The summed E-state index contributed by atoms with van der Waals surface area (Å²) in [7, 11) is -0.485. The van der Waals surface area contributed by atoms with E-state index in [2.05, 4.69) is 46.0 Å². The smallest absolute Gasteiger partial charge is 0.414 e. The van der Waals surface area contributed by atoms with E-state index in [-0.39, 0.29) is 35.5 Å². The zero-order chi connectivity index (χ0) is 32.7. The highest BCUT2D eigenvalue weighted by molar-refractivity contribution is 6.74. The summed E-state index contributed by atoms with van der Waals surface area (Å²) >= 11 is 0. The highest BCUT2D eigenvalue weighted by Crippen LogP contribution is 2.42. The third-order valence-electron chi connectivity index (χ3n) is 11.7. The number of amides is 2. The van der Waals surface area contributed by atoms with Gasteiger partial charge >= 0.3 is 7.12 Å². The van der Waals surface area contributed by atoms with Gasteiger partial charge in [0.2, 0.25) is 5.91 Å². The van der Waals surface area contributed by atoms with Crippen molar-refractivity contribution in [2.45, 2.75) is 134 Å². The number of nitrogens with zero attached hydrogens (tertiary/aromatic N) is 4. The normalized spacial score (nSPS) is 25.8. The third kappa shape index (κ3) is 6.03. The zero-order valence-electron chi connectivity index (χ0n) is 29.2. The van der Waals surface area contributed by atoms with Crippen LogP contribution >= 0.6 is 0 Å². The standard InChI is InChI=1S/C34H53BN4O5Si/c1-32(2,3)45(9,10)42-25-15-13-24(14-16-25)39-18-17-38(21-28(39)40)31(41)30-36-29-26(35-43-33(4,5)34(6,7)44-35)19-23(22-11-12-22)20-27(29)37(30)8/h19-20,22,24-25H,11-18,21H2,1-10H3/t24-,25-. The van der Waals surface area contributed by atoms with Gasteiger partial charge in [0.25, 0.3) is 5.91 Å². The summed E-state index contributed by atoms with van der Waals surface area (Å²) in [5, 5.41) is 0.189. The molecule has 11 heteroatoms. The molecule has 246 valence electrons. The quantitative estimate of drug-likeness (QED) is 0.397. The number of piperazine rings is 1. The van der Waals surface area contributed by atoms with E-state index in [0.717, 1.165) is 55.0 Å². The maximum Gasteiger partial charge on any atom is 0.497 e. The number of carbonyl (C=O) groups excluding carboxylic acids is 2. The number of aromatic nitrogens is 2. The molecule has 2 amide bonds. The van der Waals surface area contributed by atoms with Crippen LogP contribution in [0.5, 0.6) is 0 Å². The number of hydrogen-bond acceptors (Lipinski definition) is 6. The zero-order valence-corrected chi connectivity index (χ0v) is 30.2. The van der Waals surface area contributed by atoms with Crippen molar-refractivity contribution in [1.29, 1.82) is 0 Å². The first-order valence-corrected chi connectivity index (χ1v) is 19.9. The Morgan fingerprint density at radius 1 is 1.00 bits per heavy atom. The number of fused-ring (bicyclic) bond motifs is 1. The molecule has 45 heavy (non-hydrogen) atoms. The Labute approximate surface area is 270 Å². The first kappa shape index (κ1) is 32.7. The molecule has 0 N–H and O–H groups in total. The second-order valence-corrected chi connectivity index (χ2v) is 21.2. The molecular weight excluding hydrogens is 583 g/mol. The van der Waals surface area contributed by atoms with Crippen LogP contribution in [0.4, 0.5) is 0 Å². The average Bonchev–Trinajstić information content (AvgIpc) is 3.70. The van der Waals surface area contributed by atoms with Crippen LogP contribution in [-0.4, -0.2) is 89.6 Å². The van der Waals surface area contributed by atoms with E-state index in [0.29, 0.717) is 24.8 Å². The molecule has 4 fully saturated rings. The minimum atomic E-state index is -1.82. The Kier molecular flexibility index (Phi) is 8.15. The van der Waals surface area contributed by atoms with Gasteiger partial charge in [-0.2, -0.15) is 0 Å². The lowest BCUT2D eigenvalue weighted by molar-refractivity contribution is -0.138. The SMILES string of the molecule is Cn1c(C(=O)N2CCN([C@H]3CC[C@H](O[Si](C)(C)C(C)(C)C)CC3)C(=O)C2)nc2c(B3OC(C)(C)C(C)(C)O3)cc(C3CC3)cc21. The van der Waals surface area contributed by atoms with Crippen LogP contribution in [0.1, 0.15) is 109 Å². The molecule has 0 radical (unpaired) electrons. The average molecular weight is 637 g/mol. The minimum Gasteiger partial charge on any atom is -0.414 e. The van der Waals surface area contributed by atoms with E-state index in [1.807, 2.05) is 44.2 Å². The van der Waals surface area contributed by atoms with Gasteiger partial charge in [0.15, 0.2) is 14.1 Å². The van der Waals surface area contributed by atoms with Crippen molar-refractivity contribution in [2.24, 2.45) is 7.05 Å². The first-order valence-electron chi connectivity index (χ1n) is 17.0. The van der Waals surface area contributed by atoms with Crippen LogP contribution in [0.15, 0.2) is 12.1 Å². The second kappa shape index (κ2) is 11.2. The lowest BCUT2D eigenvalue weighted by Crippen LogP contribution is -2.56. The maximum atomic E-state index is 13.9. The third-order valence-corrected chi connectivity index (χ3v) is 16.2. The van der Waals surface area contributed by atoms with Crippen molar-refractivity contribution in [3.8, 4) is 0 Å². The molecule has 0 spiro atoms. The molecule has 0 unspecified atom stereocenters. The molecule has 6 rings (SSSR count). The van der Waals surface area contributed by atoms with Crippen LogP contribution in [0.3, 0.4) is 0 Å². The fourth-order valence-corrected chi connectivity index (χ4v) is 8.21. The van der Waals surface area contributed by atoms with Crippen molar-refractivity contribution in [3.05, 3.63) is 23.5 Å². The van der Waals surface area contributed by atoms with E-state index in [4.69, 9.17) is 18.7 Å². The summed E-state index contributed by atoms with van der Waals surface area (Å²) in [5.41, 5.74) is 2.77. The van der Waals surface area contributed by atoms with Gasteiger partial charge in [-0.3, -0.25) is 9.59 Å². The highest BCUT2D eigenvalue weighted by atomic mass is 28.4. The Balaban J connectivity index is 1.16. The van der Waals surface area contributed by atoms with Crippen LogP contribution in [0.25, 0.3) is 11.0 Å². The topological polar surface area (TPSA) is 86.1 Å². The van der Waals surface area contributed by atoms with Gasteiger partial charge in [0, 0.05) is 37.7 Å². The lowest BCUT2D eigenvalue weighted by Gasteiger charge is -2.44. The summed E-state index contributed by atoms with van der Waals surface area (Å²) < 4.78 is 21.5. The molecule has 0 atom stereocenters. The Morgan fingerprint density at radius 2 is 1.62 bits per heavy atom. The molecule has 2 aromatic rings. The molecular formula is C34H53BN4O5Si. The fraction of sp³-hybridized carbons (Fsp3) is 0.735. The second-order valence-electron chi connectivity index (χ2n) is 16.5. The largest absolute Gasteiger partial charge is 0.497 e. The summed E-state index contributed by atoms with van der Waals surface area (Å²) in [4.78, 5) is 36.0. The molecule has 4 aliphatic rings. The van der Waals surface area contributed by atoms with Crippen LogP contribution in [-0.2, 0) is 25.6 Å². The fourth-order valence-electron chi connectivity index (χ4n) is 6.79. The predicted molar refractivity (Wildman–Crippen MR) is 180 cm³/mol. The summed E-state index contributed by atoms with van der Waals surface area (Å²) in [5.74, 6) is 0.682. The Morgan fingerprint density at radius 3 is 2.18 bits per heavy atom. The minimum absolute atomic E-state index is 0.0241. The predicted octanol–water partition coefficient (Wildman–Crippen LogP) is 5.37. The number of carbonyl (C=O) groups is 2. The highest BCUT2D eigenvalue weighted by Gasteiger charge is 2.53. The molecule has 1 aromatic carbocycles. The number of rotatable bonds is 6. The molecule has 2 aliphatic heterocycles. The van der Waals surface area contributed by atoms with Crippen molar-refractivity contribution in [2.75, 3.05) is 19.6 Å². The molecule has 3 heterocycles. The Bertz CT molecular complexity index is 1470. The monoisotopic (exact) mass is 636 g/mol. The van der Waals surface area contributed by atoms with Gasteiger partial charge in [0.1, 0.15) is 6.54 Å². The van der Waals surface area contributed by atoms with Gasteiger partial charge in [-0.25, -0.2) is 4.98 Å². The van der Waals surface area contributed by atoms with Crippen molar-refractivity contribution in [1.82, 2.24) is 19.4 Å². The molecule has 2 saturated heterocycles. The van der Waals surface area contributed by atoms with E-state index >= 15 is 0 Å². The van der Waals surface area contributed by atoms with Crippen LogP contribution in [0, 0.1) is 0 Å². The van der Waals surface area contributed by atoms with Gasteiger partial charge < -0.3 is 28.1 Å². The van der Waals surface area contributed by atoms with Crippen molar-refractivity contribution in [3.63, 3.8) is 0 Å². The number of aryl methyl sites for hydroxylation is 1. The molecule has 9 nitrogen and oxygen atoms in total. The molecule has 1 aromatic heterocycles. The number of imidazole rings is 1.